The maximum atomic E-state index is 8.37. The van der Waals surface area contributed by atoms with Crippen LogP contribution >= 0.6 is 0 Å². The fraction of sp³-hybridized carbons (Fsp3) is 0.438. The van der Waals surface area contributed by atoms with Crippen molar-refractivity contribution in [1.29, 1.82) is 0 Å². The Labute approximate surface area is 120 Å². The normalized spacial score (nSPS) is 15.5. The van der Waals surface area contributed by atoms with Crippen molar-refractivity contribution < 1.29 is 9.62 Å². The van der Waals surface area contributed by atoms with Crippen molar-refractivity contribution >= 4 is 6.21 Å². The molecule has 1 rings (SSSR count). The van der Waals surface area contributed by atoms with Crippen molar-refractivity contribution in [3.8, 4) is 0 Å². The second-order valence-corrected chi connectivity index (χ2v) is 4.86. The van der Waals surface area contributed by atoms with Crippen LogP contribution in [-0.4, -0.2) is 11.4 Å². The van der Waals surface area contributed by atoms with Gasteiger partial charge in [-0.3, -0.25) is 0 Å². The summed E-state index contributed by atoms with van der Waals surface area (Å²) >= 11 is 0. The van der Waals surface area contributed by atoms with Crippen LogP contribution in [0.5, 0.6) is 0 Å². The molecule has 20 heavy (non-hydrogen) atoms. The quantitative estimate of drug-likeness (QED) is 0.235. The number of allylic oxidation sites excluding steroid dienone is 3. The van der Waals surface area contributed by atoms with E-state index in [0.29, 0.717) is 0 Å². The van der Waals surface area contributed by atoms with E-state index in [1.54, 1.807) is 12.5 Å². The van der Waals surface area contributed by atoms with Crippen molar-refractivity contribution in [3.63, 3.8) is 0 Å². The Hall–Kier alpha value is -1.81. The van der Waals surface area contributed by atoms with E-state index in [4.69, 9.17) is 15.4 Å². The number of hydrogen-bond acceptors (Lipinski definition) is 4. The highest BCUT2D eigenvalue weighted by atomic mass is 16.4. The molecule has 4 heteroatoms. The van der Waals surface area contributed by atoms with Gasteiger partial charge in [0.1, 0.15) is 5.76 Å². The zero-order chi connectivity index (χ0) is 14.6. The van der Waals surface area contributed by atoms with Crippen LogP contribution in [0.1, 0.15) is 44.4 Å². The van der Waals surface area contributed by atoms with Gasteiger partial charge in [0.05, 0.1) is 12.3 Å². The van der Waals surface area contributed by atoms with E-state index in [9.17, 15) is 0 Å². The van der Waals surface area contributed by atoms with Crippen LogP contribution in [0, 0.1) is 5.92 Å². The molecule has 0 radical (unpaired) electrons. The predicted octanol–water partition coefficient (Wildman–Crippen LogP) is 4.05. The number of nitrogens with zero attached hydrogens (tertiary/aromatic N) is 1. The van der Waals surface area contributed by atoms with E-state index < -0.39 is 0 Å². The maximum Gasteiger partial charge on any atom is 0.120 e. The summed E-state index contributed by atoms with van der Waals surface area (Å²) in [6, 6.07) is 3.69. The number of nitrogens with two attached hydrogens (primary N) is 1. The first-order chi connectivity index (χ1) is 9.74. The lowest BCUT2D eigenvalue weighted by Gasteiger charge is -2.03. The molecule has 1 aromatic heterocycles. The smallest absolute Gasteiger partial charge is 0.120 e. The molecule has 0 bridgehead atoms. The van der Waals surface area contributed by atoms with Crippen LogP contribution in [0.4, 0.5) is 0 Å². The summed E-state index contributed by atoms with van der Waals surface area (Å²) in [7, 11) is 0. The SMILES string of the molecule is CC(C=NO)CC=CCCC=CCC(N)c1ccco1. The topological polar surface area (TPSA) is 71.8 Å². The van der Waals surface area contributed by atoms with Crippen LogP contribution in [-0.2, 0) is 0 Å². The van der Waals surface area contributed by atoms with E-state index in [1.165, 1.54) is 0 Å². The third kappa shape index (κ3) is 6.95. The Kier molecular flexibility index (Phi) is 8.15. The Morgan fingerprint density at radius 1 is 1.25 bits per heavy atom. The van der Waals surface area contributed by atoms with Gasteiger partial charge in [0.25, 0.3) is 0 Å². The minimum Gasteiger partial charge on any atom is -0.468 e. The van der Waals surface area contributed by atoms with Gasteiger partial charge in [-0.1, -0.05) is 31.2 Å². The fourth-order valence-corrected chi connectivity index (χ4v) is 1.77. The van der Waals surface area contributed by atoms with Gasteiger partial charge < -0.3 is 15.4 Å². The monoisotopic (exact) mass is 276 g/mol. The van der Waals surface area contributed by atoms with E-state index in [1.807, 2.05) is 19.1 Å². The van der Waals surface area contributed by atoms with Crippen LogP contribution in [0.2, 0.25) is 0 Å². The largest absolute Gasteiger partial charge is 0.468 e. The average Bonchev–Trinajstić information content (AvgIpc) is 2.96. The summed E-state index contributed by atoms with van der Waals surface area (Å²) in [5.41, 5.74) is 5.97. The minimum absolute atomic E-state index is 0.0598. The summed E-state index contributed by atoms with van der Waals surface area (Å²) in [5.74, 6) is 1.10. The summed E-state index contributed by atoms with van der Waals surface area (Å²) < 4.78 is 5.25. The van der Waals surface area contributed by atoms with Gasteiger partial charge in [-0.2, -0.15) is 0 Å². The molecule has 0 saturated carbocycles. The lowest BCUT2D eigenvalue weighted by Crippen LogP contribution is -2.07. The molecule has 0 aliphatic carbocycles. The van der Waals surface area contributed by atoms with Crippen molar-refractivity contribution in [2.45, 2.75) is 38.6 Å². The molecule has 0 spiro atoms. The Balaban J connectivity index is 2.09. The molecular weight excluding hydrogens is 252 g/mol. The van der Waals surface area contributed by atoms with Crippen molar-refractivity contribution in [2.75, 3.05) is 0 Å². The molecule has 2 atom stereocenters. The van der Waals surface area contributed by atoms with E-state index in [2.05, 4.69) is 29.5 Å². The fourth-order valence-electron chi connectivity index (χ4n) is 1.77. The summed E-state index contributed by atoms with van der Waals surface area (Å²) in [6.07, 6.45) is 15.4. The van der Waals surface area contributed by atoms with Crippen LogP contribution in [0.25, 0.3) is 0 Å². The second-order valence-electron chi connectivity index (χ2n) is 4.86. The molecule has 1 aromatic rings. The Morgan fingerprint density at radius 2 is 1.95 bits per heavy atom. The standard InChI is InChI=1S/C16H24N2O2/c1-14(13-18-19)9-6-4-2-3-5-7-10-15(17)16-11-8-12-20-16/h4-8,11-15,19H,2-3,9-10,17H2,1H3. The zero-order valence-electron chi connectivity index (χ0n) is 12.0. The molecule has 2 unspecified atom stereocenters. The molecule has 3 N–H and O–H groups in total. The molecule has 110 valence electrons. The van der Waals surface area contributed by atoms with Crippen molar-refractivity contribution in [3.05, 3.63) is 48.5 Å². The molecule has 1 heterocycles. The van der Waals surface area contributed by atoms with E-state index >= 15 is 0 Å². The highest BCUT2D eigenvalue weighted by Gasteiger charge is 2.05. The van der Waals surface area contributed by atoms with Gasteiger partial charge in [0, 0.05) is 6.21 Å². The maximum absolute atomic E-state index is 8.37. The van der Waals surface area contributed by atoms with Gasteiger partial charge in [0.2, 0.25) is 0 Å². The average molecular weight is 276 g/mol. The molecule has 0 aliphatic heterocycles. The van der Waals surface area contributed by atoms with Crippen LogP contribution < -0.4 is 5.73 Å². The number of hydrogen-bond donors (Lipinski definition) is 2. The zero-order valence-corrected chi connectivity index (χ0v) is 12.0. The predicted molar refractivity (Wildman–Crippen MR) is 81.8 cm³/mol. The highest BCUT2D eigenvalue weighted by Crippen LogP contribution is 2.14. The molecule has 0 amide bonds. The lowest BCUT2D eigenvalue weighted by molar-refractivity contribution is 0.318. The van der Waals surface area contributed by atoms with E-state index in [-0.39, 0.29) is 12.0 Å². The van der Waals surface area contributed by atoms with Crippen molar-refractivity contribution in [2.24, 2.45) is 16.8 Å². The summed E-state index contributed by atoms with van der Waals surface area (Å²) in [4.78, 5) is 0. The molecule has 0 saturated heterocycles. The van der Waals surface area contributed by atoms with Gasteiger partial charge in [-0.05, 0) is 43.7 Å². The summed E-state index contributed by atoms with van der Waals surface area (Å²) in [6.45, 7) is 2.01. The third-order valence-corrected chi connectivity index (χ3v) is 2.96. The number of oxime groups is 1. The van der Waals surface area contributed by atoms with Gasteiger partial charge >= 0.3 is 0 Å². The van der Waals surface area contributed by atoms with E-state index in [0.717, 1.165) is 31.4 Å². The second kappa shape index (κ2) is 10.0. The third-order valence-electron chi connectivity index (χ3n) is 2.96. The number of rotatable bonds is 9. The van der Waals surface area contributed by atoms with Gasteiger partial charge in [-0.25, -0.2) is 0 Å². The summed E-state index contributed by atoms with van der Waals surface area (Å²) in [5, 5.41) is 11.4. The Morgan fingerprint density at radius 3 is 2.55 bits per heavy atom. The van der Waals surface area contributed by atoms with Gasteiger partial charge in [-0.15, -0.1) is 5.16 Å². The minimum atomic E-state index is -0.0598. The van der Waals surface area contributed by atoms with Crippen molar-refractivity contribution in [1.82, 2.24) is 0 Å². The van der Waals surface area contributed by atoms with Gasteiger partial charge in [0.15, 0.2) is 0 Å². The lowest BCUT2D eigenvalue weighted by atomic mass is 10.1. The molecule has 0 aliphatic rings. The molecule has 0 fully saturated rings. The number of furan rings is 1. The van der Waals surface area contributed by atoms with Crippen LogP contribution in [0.3, 0.4) is 0 Å². The number of unbranched alkanes of at least 4 members (excludes halogenated alkanes) is 1. The first kappa shape index (κ1) is 16.2. The first-order valence-corrected chi connectivity index (χ1v) is 7.00. The first-order valence-electron chi connectivity index (χ1n) is 7.00. The molecule has 4 nitrogen and oxygen atoms in total. The highest BCUT2D eigenvalue weighted by molar-refractivity contribution is 5.59. The molecule has 0 aromatic carbocycles. The molecular formula is C16H24N2O2. The van der Waals surface area contributed by atoms with Crippen LogP contribution in [0.15, 0.2) is 52.3 Å². The Bertz CT molecular complexity index is 422.